The lowest BCUT2D eigenvalue weighted by Crippen LogP contribution is -2.62. The van der Waals surface area contributed by atoms with Gasteiger partial charge in [-0.1, -0.05) is 18.2 Å². The maximum absolute atomic E-state index is 9.09. The molecule has 3 nitrogen and oxygen atoms in total. The first-order valence-corrected chi connectivity index (χ1v) is 6.29. The van der Waals surface area contributed by atoms with Gasteiger partial charge >= 0.3 is 0 Å². The number of benzene rings is 1. The smallest absolute Gasteiger partial charge is 0.0446 e. The highest BCUT2D eigenvalue weighted by molar-refractivity contribution is 5.47. The predicted octanol–water partition coefficient (Wildman–Crippen LogP) is 1.63. The fraction of sp³-hybridized carbons (Fsp3) is 0.571. The van der Waals surface area contributed by atoms with Crippen LogP contribution in [0, 0.1) is 0 Å². The van der Waals surface area contributed by atoms with Crippen molar-refractivity contribution < 1.29 is 5.11 Å². The van der Waals surface area contributed by atoms with E-state index in [1.54, 1.807) is 0 Å². The molecule has 0 bridgehead atoms. The Balaban J connectivity index is 2.12. The van der Waals surface area contributed by atoms with Crippen molar-refractivity contribution in [3.8, 4) is 0 Å². The first-order valence-electron chi connectivity index (χ1n) is 6.29. The molecule has 0 saturated carbocycles. The van der Waals surface area contributed by atoms with Gasteiger partial charge in [0.15, 0.2) is 0 Å². The Kier molecular flexibility index (Phi) is 3.69. The van der Waals surface area contributed by atoms with Gasteiger partial charge in [0.2, 0.25) is 0 Å². The molecule has 1 saturated heterocycles. The molecule has 2 rings (SSSR count). The van der Waals surface area contributed by atoms with E-state index in [2.05, 4.69) is 48.3 Å². The van der Waals surface area contributed by atoms with Gasteiger partial charge in [-0.25, -0.2) is 0 Å². The van der Waals surface area contributed by atoms with Crippen molar-refractivity contribution in [2.24, 2.45) is 0 Å². The van der Waals surface area contributed by atoms with E-state index >= 15 is 0 Å². The minimum absolute atomic E-state index is 0.0912. The summed E-state index contributed by atoms with van der Waals surface area (Å²) in [6.45, 7) is 6.64. The first-order chi connectivity index (χ1) is 8.11. The van der Waals surface area contributed by atoms with Gasteiger partial charge in [-0.15, -0.1) is 0 Å². The molecule has 1 aromatic carbocycles. The fourth-order valence-corrected chi connectivity index (χ4v) is 2.61. The zero-order chi connectivity index (χ0) is 12.3. The number of piperazine rings is 1. The monoisotopic (exact) mass is 234 g/mol. The number of rotatable bonds is 3. The molecular formula is C14H22N2O. The van der Waals surface area contributed by atoms with Gasteiger partial charge in [0.25, 0.3) is 0 Å². The van der Waals surface area contributed by atoms with E-state index < -0.39 is 0 Å². The number of aliphatic hydroxyl groups excluding tert-OH is 1. The van der Waals surface area contributed by atoms with E-state index in [1.807, 2.05) is 6.07 Å². The van der Waals surface area contributed by atoms with E-state index in [-0.39, 0.29) is 12.1 Å². The summed E-state index contributed by atoms with van der Waals surface area (Å²) in [5, 5.41) is 12.7. The summed E-state index contributed by atoms with van der Waals surface area (Å²) in [6.07, 6.45) is 0.812. The Morgan fingerprint density at radius 2 is 2.06 bits per heavy atom. The van der Waals surface area contributed by atoms with Crippen molar-refractivity contribution in [2.45, 2.75) is 31.8 Å². The number of hydrogen-bond acceptors (Lipinski definition) is 3. The van der Waals surface area contributed by atoms with Gasteiger partial charge in [0.1, 0.15) is 0 Å². The van der Waals surface area contributed by atoms with Crippen LogP contribution in [-0.4, -0.2) is 36.4 Å². The highest BCUT2D eigenvalue weighted by Crippen LogP contribution is 2.22. The van der Waals surface area contributed by atoms with Crippen LogP contribution in [0.25, 0.3) is 0 Å². The third kappa shape index (κ3) is 3.20. The lowest BCUT2D eigenvalue weighted by atomic mass is 9.96. The lowest BCUT2D eigenvalue weighted by molar-refractivity contribution is 0.224. The van der Waals surface area contributed by atoms with Crippen molar-refractivity contribution >= 4 is 5.69 Å². The van der Waals surface area contributed by atoms with Gasteiger partial charge in [0, 0.05) is 37.0 Å². The molecule has 0 amide bonds. The molecule has 0 spiro atoms. The molecule has 1 aromatic rings. The molecular weight excluding hydrogens is 212 g/mol. The van der Waals surface area contributed by atoms with Crippen molar-refractivity contribution in [3.63, 3.8) is 0 Å². The summed E-state index contributed by atoms with van der Waals surface area (Å²) < 4.78 is 0. The SMILES string of the molecule is CC1(C)CN(c2ccccc2)CC(CCO)N1. The highest BCUT2D eigenvalue weighted by Gasteiger charge is 2.31. The third-order valence-corrected chi connectivity index (χ3v) is 3.22. The van der Waals surface area contributed by atoms with Crippen molar-refractivity contribution in [1.29, 1.82) is 0 Å². The standard InChI is InChI=1S/C14H22N2O/c1-14(2)11-16(10-12(15-14)8-9-17)13-6-4-3-5-7-13/h3-7,12,15,17H,8-11H2,1-2H3. The van der Waals surface area contributed by atoms with Crippen molar-refractivity contribution in [3.05, 3.63) is 30.3 Å². The summed E-state index contributed by atoms with van der Waals surface area (Å²) in [4.78, 5) is 2.40. The van der Waals surface area contributed by atoms with Crippen LogP contribution < -0.4 is 10.2 Å². The molecule has 0 radical (unpaired) electrons. The fourth-order valence-electron chi connectivity index (χ4n) is 2.61. The maximum atomic E-state index is 9.09. The summed E-state index contributed by atoms with van der Waals surface area (Å²) in [5.41, 5.74) is 1.36. The van der Waals surface area contributed by atoms with Crippen LogP contribution >= 0.6 is 0 Å². The first kappa shape index (κ1) is 12.4. The van der Waals surface area contributed by atoms with Crippen LogP contribution in [0.4, 0.5) is 5.69 Å². The summed E-state index contributed by atoms with van der Waals surface area (Å²) in [5.74, 6) is 0. The van der Waals surface area contributed by atoms with Crippen LogP contribution in [0.2, 0.25) is 0 Å². The Labute approximate surface area is 103 Å². The van der Waals surface area contributed by atoms with Crippen LogP contribution in [-0.2, 0) is 0 Å². The molecule has 1 atom stereocenters. The zero-order valence-electron chi connectivity index (χ0n) is 10.7. The minimum atomic E-state index is 0.0912. The topological polar surface area (TPSA) is 35.5 Å². The summed E-state index contributed by atoms with van der Waals surface area (Å²) >= 11 is 0. The molecule has 2 N–H and O–H groups in total. The Morgan fingerprint density at radius 3 is 2.71 bits per heavy atom. The number of nitrogens with zero attached hydrogens (tertiary/aromatic N) is 1. The van der Waals surface area contributed by atoms with Crippen LogP contribution in [0.5, 0.6) is 0 Å². The lowest BCUT2D eigenvalue weighted by Gasteiger charge is -2.45. The van der Waals surface area contributed by atoms with Gasteiger partial charge in [-0.05, 0) is 32.4 Å². The van der Waals surface area contributed by atoms with E-state index in [1.165, 1.54) is 5.69 Å². The Morgan fingerprint density at radius 1 is 1.35 bits per heavy atom. The van der Waals surface area contributed by atoms with E-state index in [4.69, 9.17) is 5.11 Å². The maximum Gasteiger partial charge on any atom is 0.0446 e. The largest absolute Gasteiger partial charge is 0.396 e. The molecule has 17 heavy (non-hydrogen) atoms. The number of nitrogens with one attached hydrogen (secondary N) is 1. The van der Waals surface area contributed by atoms with E-state index in [9.17, 15) is 0 Å². The molecule has 3 heteroatoms. The molecule has 0 aromatic heterocycles. The number of hydrogen-bond donors (Lipinski definition) is 2. The van der Waals surface area contributed by atoms with Crippen molar-refractivity contribution in [2.75, 3.05) is 24.6 Å². The van der Waals surface area contributed by atoms with Crippen LogP contribution in [0.1, 0.15) is 20.3 Å². The van der Waals surface area contributed by atoms with Gasteiger partial charge < -0.3 is 15.3 Å². The average molecular weight is 234 g/mol. The average Bonchev–Trinajstić information content (AvgIpc) is 2.28. The Hall–Kier alpha value is -1.06. The second-order valence-electron chi connectivity index (χ2n) is 5.45. The molecule has 1 heterocycles. The second kappa shape index (κ2) is 5.07. The third-order valence-electron chi connectivity index (χ3n) is 3.22. The number of anilines is 1. The van der Waals surface area contributed by atoms with Crippen LogP contribution in [0.3, 0.4) is 0 Å². The summed E-state index contributed by atoms with van der Waals surface area (Å²) in [7, 11) is 0. The molecule has 1 fully saturated rings. The van der Waals surface area contributed by atoms with E-state index in [0.29, 0.717) is 6.04 Å². The number of aliphatic hydroxyl groups is 1. The minimum Gasteiger partial charge on any atom is -0.396 e. The zero-order valence-corrected chi connectivity index (χ0v) is 10.7. The quantitative estimate of drug-likeness (QED) is 0.834. The predicted molar refractivity (Wildman–Crippen MR) is 71.4 cm³/mol. The second-order valence-corrected chi connectivity index (χ2v) is 5.45. The van der Waals surface area contributed by atoms with Crippen LogP contribution in [0.15, 0.2) is 30.3 Å². The molecule has 1 unspecified atom stereocenters. The number of para-hydroxylation sites is 1. The summed E-state index contributed by atoms with van der Waals surface area (Å²) in [6, 6.07) is 10.9. The molecule has 0 aliphatic carbocycles. The van der Waals surface area contributed by atoms with E-state index in [0.717, 1.165) is 19.5 Å². The van der Waals surface area contributed by atoms with Crippen molar-refractivity contribution in [1.82, 2.24) is 5.32 Å². The van der Waals surface area contributed by atoms with Gasteiger partial charge in [0.05, 0.1) is 0 Å². The van der Waals surface area contributed by atoms with Gasteiger partial charge in [-0.2, -0.15) is 0 Å². The van der Waals surface area contributed by atoms with Gasteiger partial charge in [-0.3, -0.25) is 0 Å². The highest BCUT2D eigenvalue weighted by atomic mass is 16.3. The normalized spacial score (nSPS) is 23.7. The molecule has 94 valence electrons. The molecule has 1 aliphatic rings. The molecule has 1 aliphatic heterocycles. The Bertz CT molecular complexity index is 350.